The van der Waals surface area contributed by atoms with Gasteiger partial charge in [0.25, 0.3) is 0 Å². The Morgan fingerprint density at radius 2 is 2.36 bits per heavy atom. The second-order valence-electron chi connectivity index (χ2n) is 6.08. The van der Waals surface area contributed by atoms with Gasteiger partial charge in [-0.05, 0) is 18.1 Å². The largest absolute Gasteiger partial charge is 0.497 e. The number of hydrogen-bond acceptors (Lipinski definition) is 5. The number of H-pyrrole nitrogens is 1. The highest BCUT2D eigenvalue weighted by atomic mass is 19.1. The Hall–Kier alpha value is -2.48. The normalized spacial score (nSPS) is 19.8. The minimum atomic E-state index is -0.447. The van der Waals surface area contributed by atoms with Crippen molar-refractivity contribution in [1.82, 2.24) is 20.1 Å². The molecule has 1 amide bonds. The van der Waals surface area contributed by atoms with Crippen molar-refractivity contribution >= 4 is 5.91 Å². The molecule has 25 heavy (non-hydrogen) atoms. The summed E-state index contributed by atoms with van der Waals surface area (Å²) in [6.45, 7) is 1.03. The summed E-state index contributed by atoms with van der Waals surface area (Å²) in [5.41, 5.74) is 0.344. The number of nitrogens with zero attached hydrogens (tertiary/aromatic N) is 3. The number of aromatic nitrogens is 3. The van der Waals surface area contributed by atoms with Crippen molar-refractivity contribution in [1.29, 1.82) is 0 Å². The summed E-state index contributed by atoms with van der Waals surface area (Å²) in [6, 6.07) is 4.50. The zero-order valence-corrected chi connectivity index (χ0v) is 14.2. The first-order valence-electron chi connectivity index (χ1n) is 8.11. The summed E-state index contributed by atoms with van der Waals surface area (Å²) in [5, 5.41) is 6.73. The predicted octanol–water partition coefficient (Wildman–Crippen LogP) is 1.53. The summed E-state index contributed by atoms with van der Waals surface area (Å²) in [5.74, 6) is 0.657. The Morgan fingerprint density at radius 1 is 1.52 bits per heavy atom. The number of carbonyl (C=O) groups excluding carboxylic acids is 1. The van der Waals surface area contributed by atoms with E-state index in [1.165, 1.54) is 19.5 Å². The van der Waals surface area contributed by atoms with Gasteiger partial charge in [-0.15, -0.1) is 0 Å². The molecule has 0 saturated carbocycles. The van der Waals surface area contributed by atoms with Gasteiger partial charge in [0.2, 0.25) is 5.91 Å². The fraction of sp³-hybridized carbons (Fsp3) is 0.471. The lowest BCUT2D eigenvalue weighted by molar-refractivity contribution is -0.130. The van der Waals surface area contributed by atoms with Crippen molar-refractivity contribution in [2.45, 2.75) is 24.9 Å². The molecule has 2 aromatic rings. The van der Waals surface area contributed by atoms with Crippen molar-refractivity contribution in [3.8, 4) is 5.75 Å². The van der Waals surface area contributed by atoms with Crippen molar-refractivity contribution in [2.24, 2.45) is 0 Å². The van der Waals surface area contributed by atoms with Gasteiger partial charge < -0.3 is 14.4 Å². The van der Waals surface area contributed by atoms with Crippen LogP contribution in [0.1, 0.15) is 23.7 Å². The average Bonchev–Trinajstić information content (AvgIpc) is 3.27. The Balaban J connectivity index is 1.61. The van der Waals surface area contributed by atoms with E-state index in [0.29, 0.717) is 24.5 Å². The van der Waals surface area contributed by atoms with Crippen molar-refractivity contribution in [3.63, 3.8) is 0 Å². The molecular formula is C17H21FN4O3. The first-order chi connectivity index (χ1) is 12.1. The maximum atomic E-state index is 14.0. The fourth-order valence-electron chi connectivity index (χ4n) is 3.00. The van der Waals surface area contributed by atoms with Crippen LogP contribution in [-0.2, 0) is 16.0 Å². The third-order valence-electron chi connectivity index (χ3n) is 4.48. The molecule has 0 radical (unpaired) electrons. The lowest BCUT2D eigenvalue weighted by atomic mass is 10.00. The molecule has 134 valence electrons. The number of aromatic amines is 1. The number of benzene rings is 1. The quantitative estimate of drug-likeness (QED) is 0.856. The predicted molar refractivity (Wildman–Crippen MR) is 87.8 cm³/mol. The Kier molecular flexibility index (Phi) is 5.28. The van der Waals surface area contributed by atoms with Gasteiger partial charge in [0.05, 0.1) is 19.6 Å². The third kappa shape index (κ3) is 3.96. The fourth-order valence-corrected chi connectivity index (χ4v) is 3.00. The highest BCUT2D eigenvalue weighted by Gasteiger charge is 2.33. The zero-order chi connectivity index (χ0) is 17.8. The third-order valence-corrected chi connectivity index (χ3v) is 4.48. The minimum Gasteiger partial charge on any atom is -0.497 e. The molecular weight excluding hydrogens is 327 g/mol. The van der Waals surface area contributed by atoms with E-state index in [4.69, 9.17) is 9.47 Å². The van der Waals surface area contributed by atoms with Crippen LogP contribution in [-0.4, -0.2) is 59.4 Å². The number of halogens is 1. The van der Waals surface area contributed by atoms with Gasteiger partial charge in [0.15, 0.2) is 0 Å². The number of likely N-dealkylation sites (N-methyl/N-ethyl adjacent to an activating group) is 1. The average molecular weight is 348 g/mol. The van der Waals surface area contributed by atoms with Crippen LogP contribution in [0.25, 0.3) is 0 Å². The molecule has 0 spiro atoms. The minimum absolute atomic E-state index is 0.00791. The SMILES string of the molecule is COc1ccc(CC(=O)N(C)C[C@H]2OCC[C@H]2c2ncn[nH]2)c(F)c1. The summed E-state index contributed by atoms with van der Waals surface area (Å²) >= 11 is 0. The topological polar surface area (TPSA) is 80.3 Å². The number of rotatable bonds is 6. The van der Waals surface area contributed by atoms with Crippen LogP contribution in [0.2, 0.25) is 0 Å². The molecule has 1 saturated heterocycles. The molecule has 1 aromatic heterocycles. The van der Waals surface area contributed by atoms with E-state index in [1.54, 1.807) is 24.1 Å². The molecule has 1 N–H and O–H groups in total. The number of nitrogens with one attached hydrogen (secondary N) is 1. The number of hydrogen-bond donors (Lipinski definition) is 1. The first kappa shape index (κ1) is 17.3. The van der Waals surface area contributed by atoms with Gasteiger partial charge in [-0.1, -0.05) is 6.07 Å². The van der Waals surface area contributed by atoms with Crippen molar-refractivity contribution in [2.75, 3.05) is 27.3 Å². The van der Waals surface area contributed by atoms with Gasteiger partial charge in [-0.25, -0.2) is 9.37 Å². The highest BCUT2D eigenvalue weighted by molar-refractivity contribution is 5.78. The first-order valence-corrected chi connectivity index (χ1v) is 8.11. The molecule has 0 bridgehead atoms. The van der Waals surface area contributed by atoms with Gasteiger partial charge in [-0.3, -0.25) is 9.89 Å². The van der Waals surface area contributed by atoms with Crippen LogP contribution >= 0.6 is 0 Å². The van der Waals surface area contributed by atoms with Gasteiger partial charge in [-0.2, -0.15) is 5.10 Å². The molecule has 0 unspecified atom stereocenters. The lowest BCUT2D eigenvalue weighted by Crippen LogP contribution is -2.37. The maximum Gasteiger partial charge on any atom is 0.226 e. The summed E-state index contributed by atoms with van der Waals surface area (Å²) in [6.07, 6.45) is 2.13. The Bertz CT molecular complexity index is 723. The van der Waals surface area contributed by atoms with E-state index in [-0.39, 0.29) is 24.3 Å². The smallest absolute Gasteiger partial charge is 0.226 e. The molecule has 1 aliphatic heterocycles. The zero-order valence-electron chi connectivity index (χ0n) is 14.2. The van der Waals surface area contributed by atoms with Crippen LogP contribution in [0.5, 0.6) is 5.75 Å². The van der Waals surface area contributed by atoms with Crippen molar-refractivity contribution < 1.29 is 18.7 Å². The standard InChI is InChI=1S/C17H21FN4O3/c1-22(9-15-13(5-6-25-15)17-19-10-20-21-17)16(23)7-11-3-4-12(24-2)8-14(11)18/h3-4,8,10,13,15H,5-7,9H2,1-2H3,(H,19,20,21)/t13-,15-/m1/s1. The molecule has 2 heterocycles. The monoisotopic (exact) mass is 348 g/mol. The second kappa shape index (κ2) is 7.60. The molecule has 1 fully saturated rings. The number of carbonyl (C=O) groups is 1. The van der Waals surface area contributed by atoms with E-state index in [1.807, 2.05) is 0 Å². The van der Waals surface area contributed by atoms with Crippen LogP contribution in [0, 0.1) is 5.82 Å². The molecule has 1 aliphatic rings. The van der Waals surface area contributed by atoms with Gasteiger partial charge in [0, 0.05) is 32.2 Å². The Morgan fingerprint density at radius 3 is 3.04 bits per heavy atom. The molecule has 7 nitrogen and oxygen atoms in total. The van der Waals surface area contributed by atoms with E-state index < -0.39 is 5.82 Å². The van der Waals surface area contributed by atoms with Crippen LogP contribution in [0.4, 0.5) is 4.39 Å². The molecule has 3 rings (SSSR count). The van der Waals surface area contributed by atoms with Gasteiger partial charge in [0.1, 0.15) is 23.7 Å². The highest BCUT2D eigenvalue weighted by Crippen LogP contribution is 2.29. The van der Waals surface area contributed by atoms with E-state index in [9.17, 15) is 9.18 Å². The lowest BCUT2D eigenvalue weighted by Gasteiger charge is -2.24. The van der Waals surface area contributed by atoms with E-state index in [2.05, 4.69) is 15.2 Å². The number of methoxy groups -OCH3 is 1. The number of ether oxygens (including phenoxy) is 2. The summed E-state index contributed by atoms with van der Waals surface area (Å²) in [7, 11) is 3.17. The molecule has 1 aromatic carbocycles. The maximum absolute atomic E-state index is 14.0. The van der Waals surface area contributed by atoms with Gasteiger partial charge >= 0.3 is 0 Å². The summed E-state index contributed by atoms with van der Waals surface area (Å²) in [4.78, 5) is 18.2. The molecule has 2 atom stereocenters. The Labute approximate surface area is 145 Å². The van der Waals surface area contributed by atoms with Crippen molar-refractivity contribution in [3.05, 3.63) is 41.7 Å². The van der Waals surface area contributed by atoms with Crippen LogP contribution < -0.4 is 4.74 Å². The summed E-state index contributed by atoms with van der Waals surface area (Å²) < 4.78 is 24.7. The molecule has 0 aliphatic carbocycles. The molecule has 8 heteroatoms. The van der Waals surface area contributed by atoms with Crippen LogP contribution in [0.3, 0.4) is 0 Å². The second-order valence-corrected chi connectivity index (χ2v) is 6.08. The van der Waals surface area contributed by atoms with E-state index in [0.717, 1.165) is 12.2 Å². The number of amides is 1. The van der Waals surface area contributed by atoms with E-state index >= 15 is 0 Å². The van der Waals surface area contributed by atoms with Crippen LogP contribution in [0.15, 0.2) is 24.5 Å².